The van der Waals surface area contributed by atoms with Crippen molar-refractivity contribution >= 4 is 40.7 Å². The number of benzene rings is 2. The molecule has 0 saturated heterocycles. The van der Waals surface area contributed by atoms with Crippen molar-refractivity contribution in [1.82, 2.24) is 5.32 Å². The Labute approximate surface area is 144 Å². The number of halogens is 2. The first-order chi connectivity index (χ1) is 10.9. The lowest BCUT2D eigenvalue weighted by molar-refractivity contribution is -0.117. The summed E-state index contributed by atoms with van der Waals surface area (Å²) in [7, 11) is 0. The minimum atomic E-state index is -0.698. The van der Waals surface area contributed by atoms with Gasteiger partial charge in [-0.15, -0.1) is 0 Å². The Bertz CT molecular complexity index is 730. The number of aryl methyl sites for hydroxylation is 1. The van der Waals surface area contributed by atoms with Gasteiger partial charge in [-0.25, -0.2) is 0 Å². The van der Waals surface area contributed by atoms with Crippen molar-refractivity contribution in [3.63, 3.8) is 0 Å². The quantitative estimate of drug-likeness (QED) is 0.873. The van der Waals surface area contributed by atoms with Crippen LogP contribution in [0, 0.1) is 6.92 Å². The van der Waals surface area contributed by atoms with Crippen LogP contribution in [0.1, 0.15) is 22.8 Å². The second kappa shape index (κ2) is 7.49. The number of anilines is 1. The van der Waals surface area contributed by atoms with E-state index in [1.165, 1.54) is 0 Å². The van der Waals surface area contributed by atoms with Crippen LogP contribution in [0.25, 0.3) is 0 Å². The predicted octanol–water partition coefficient (Wildman–Crippen LogP) is 4.06. The number of carbonyl (C=O) groups is 2. The third kappa shape index (κ3) is 4.71. The summed E-state index contributed by atoms with van der Waals surface area (Å²) in [5, 5.41) is 6.48. The molecular weight excluding hydrogens is 335 g/mol. The molecule has 0 aliphatic heterocycles. The van der Waals surface area contributed by atoms with Gasteiger partial charge < -0.3 is 10.6 Å². The van der Waals surface area contributed by atoms with E-state index in [1.54, 1.807) is 43.3 Å². The summed E-state index contributed by atoms with van der Waals surface area (Å²) in [5.41, 5.74) is 1.95. The van der Waals surface area contributed by atoms with E-state index in [0.717, 1.165) is 5.56 Å². The molecule has 0 aliphatic rings. The van der Waals surface area contributed by atoms with Crippen LogP contribution in [-0.2, 0) is 4.79 Å². The zero-order valence-corrected chi connectivity index (χ0v) is 14.2. The first-order valence-corrected chi connectivity index (χ1v) is 7.76. The van der Waals surface area contributed by atoms with Crippen LogP contribution in [-0.4, -0.2) is 17.9 Å². The molecule has 0 heterocycles. The third-order valence-corrected chi connectivity index (χ3v) is 3.79. The zero-order valence-electron chi connectivity index (χ0n) is 12.7. The molecule has 2 N–H and O–H groups in total. The highest BCUT2D eigenvalue weighted by Gasteiger charge is 2.17. The van der Waals surface area contributed by atoms with Gasteiger partial charge in [0.05, 0.1) is 0 Å². The summed E-state index contributed by atoms with van der Waals surface area (Å²) < 4.78 is 0. The molecule has 0 bridgehead atoms. The summed E-state index contributed by atoms with van der Waals surface area (Å²) >= 11 is 11.7. The van der Waals surface area contributed by atoms with Crippen LogP contribution >= 0.6 is 23.2 Å². The first-order valence-electron chi connectivity index (χ1n) is 7.00. The number of amides is 2. The summed E-state index contributed by atoms with van der Waals surface area (Å²) in [5.74, 6) is -0.662. The van der Waals surface area contributed by atoms with Gasteiger partial charge >= 0.3 is 0 Å². The minimum absolute atomic E-state index is 0.322. The smallest absolute Gasteiger partial charge is 0.251 e. The lowest BCUT2D eigenvalue weighted by Crippen LogP contribution is -2.41. The maximum atomic E-state index is 12.2. The predicted molar refractivity (Wildman–Crippen MR) is 93.2 cm³/mol. The number of rotatable bonds is 4. The molecule has 1 unspecified atom stereocenters. The van der Waals surface area contributed by atoms with Crippen LogP contribution in [0.3, 0.4) is 0 Å². The van der Waals surface area contributed by atoms with Gasteiger partial charge in [0.15, 0.2) is 0 Å². The van der Waals surface area contributed by atoms with Gasteiger partial charge in [-0.1, -0.05) is 29.3 Å². The molecule has 0 aromatic heterocycles. The van der Waals surface area contributed by atoms with Gasteiger partial charge in [0, 0.05) is 21.3 Å². The standard InChI is InChI=1S/C17H16Cl2N2O2/c1-10-3-6-14(19)9-15(10)21-16(22)11(2)20-17(23)12-4-7-13(18)8-5-12/h3-9,11H,1-2H3,(H,20,23)(H,21,22). The summed E-state index contributed by atoms with van der Waals surface area (Å²) in [6.07, 6.45) is 0. The maximum absolute atomic E-state index is 12.2. The van der Waals surface area contributed by atoms with Crippen LogP contribution in [0.15, 0.2) is 42.5 Å². The van der Waals surface area contributed by atoms with E-state index in [1.807, 2.05) is 13.0 Å². The van der Waals surface area contributed by atoms with Gasteiger partial charge in [-0.2, -0.15) is 0 Å². The summed E-state index contributed by atoms with van der Waals surface area (Å²) in [4.78, 5) is 24.3. The monoisotopic (exact) mass is 350 g/mol. The number of nitrogens with one attached hydrogen (secondary N) is 2. The van der Waals surface area contributed by atoms with Crippen molar-refractivity contribution in [3.8, 4) is 0 Å². The topological polar surface area (TPSA) is 58.2 Å². The Morgan fingerprint density at radius 2 is 1.61 bits per heavy atom. The van der Waals surface area contributed by atoms with Crippen LogP contribution in [0.2, 0.25) is 10.0 Å². The molecule has 0 saturated carbocycles. The fourth-order valence-electron chi connectivity index (χ4n) is 1.92. The van der Waals surface area contributed by atoms with Crippen molar-refractivity contribution in [2.45, 2.75) is 19.9 Å². The molecule has 2 aromatic rings. The Kier molecular flexibility index (Phi) is 5.64. The number of hydrogen-bond acceptors (Lipinski definition) is 2. The summed E-state index contributed by atoms with van der Waals surface area (Å²) in [6.45, 7) is 3.48. The van der Waals surface area contributed by atoms with Crippen molar-refractivity contribution in [2.75, 3.05) is 5.32 Å². The SMILES string of the molecule is Cc1ccc(Cl)cc1NC(=O)C(C)NC(=O)c1ccc(Cl)cc1. The van der Waals surface area contributed by atoms with Crippen LogP contribution in [0.4, 0.5) is 5.69 Å². The van der Waals surface area contributed by atoms with Gasteiger partial charge in [-0.05, 0) is 55.8 Å². The van der Waals surface area contributed by atoms with Crippen molar-refractivity contribution < 1.29 is 9.59 Å². The van der Waals surface area contributed by atoms with E-state index in [0.29, 0.717) is 21.3 Å². The van der Waals surface area contributed by atoms with Gasteiger partial charge in [0.2, 0.25) is 5.91 Å². The Morgan fingerprint density at radius 3 is 2.26 bits per heavy atom. The highest BCUT2D eigenvalue weighted by atomic mass is 35.5. The van der Waals surface area contributed by atoms with E-state index >= 15 is 0 Å². The largest absolute Gasteiger partial charge is 0.341 e. The third-order valence-electron chi connectivity index (χ3n) is 3.30. The second-order valence-electron chi connectivity index (χ2n) is 5.15. The summed E-state index contributed by atoms with van der Waals surface area (Å²) in [6, 6.07) is 11.0. The molecule has 0 spiro atoms. The Balaban J connectivity index is 2.01. The average molecular weight is 351 g/mol. The molecule has 23 heavy (non-hydrogen) atoms. The van der Waals surface area contributed by atoms with Crippen LogP contribution < -0.4 is 10.6 Å². The van der Waals surface area contributed by atoms with E-state index in [2.05, 4.69) is 10.6 Å². The molecule has 1 atom stereocenters. The van der Waals surface area contributed by atoms with Gasteiger partial charge in [0.25, 0.3) is 5.91 Å². The average Bonchev–Trinajstić information content (AvgIpc) is 2.51. The molecule has 2 amide bonds. The Morgan fingerprint density at radius 1 is 1.00 bits per heavy atom. The first kappa shape index (κ1) is 17.3. The second-order valence-corrected chi connectivity index (χ2v) is 6.02. The molecule has 120 valence electrons. The van der Waals surface area contributed by atoms with Crippen molar-refractivity contribution in [3.05, 3.63) is 63.6 Å². The highest BCUT2D eigenvalue weighted by Crippen LogP contribution is 2.20. The molecule has 2 aromatic carbocycles. The maximum Gasteiger partial charge on any atom is 0.251 e. The van der Waals surface area contributed by atoms with Crippen LogP contribution in [0.5, 0.6) is 0 Å². The zero-order chi connectivity index (χ0) is 17.0. The number of carbonyl (C=O) groups excluding carboxylic acids is 2. The molecular formula is C17H16Cl2N2O2. The van der Waals surface area contributed by atoms with E-state index < -0.39 is 6.04 Å². The Hall–Kier alpha value is -2.04. The molecule has 2 rings (SSSR count). The van der Waals surface area contributed by atoms with E-state index in [-0.39, 0.29) is 11.8 Å². The lowest BCUT2D eigenvalue weighted by Gasteiger charge is -2.15. The number of hydrogen-bond donors (Lipinski definition) is 2. The van der Waals surface area contributed by atoms with Gasteiger partial charge in [0.1, 0.15) is 6.04 Å². The molecule has 0 aliphatic carbocycles. The molecule has 6 heteroatoms. The molecule has 0 radical (unpaired) electrons. The highest BCUT2D eigenvalue weighted by molar-refractivity contribution is 6.31. The van der Waals surface area contributed by atoms with E-state index in [4.69, 9.17) is 23.2 Å². The van der Waals surface area contributed by atoms with E-state index in [9.17, 15) is 9.59 Å². The molecule has 4 nitrogen and oxygen atoms in total. The molecule has 0 fully saturated rings. The van der Waals surface area contributed by atoms with Crippen molar-refractivity contribution in [1.29, 1.82) is 0 Å². The minimum Gasteiger partial charge on any atom is -0.341 e. The van der Waals surface area contributed by atoms with Crippen molar-refractivity contribution in [2.24, 2.45) is 0 Å². The normalized spacial score (nSPS) is 11.7. The fraction of sp³-hybridized carbons (Fsp3) is 0.176. The van der Waals surface area contributed by atoms with Gasteiger partial charge in [-0.3, -0.25) is 9.59 Å². The fourth-order valence-corrected chi connectivity index (χ4v) is 2.21. The lowest BCUT2D eigenvalue weighted by atomic mass is 10.1.